The van der Waals surface area contributed by atoms with Crippen LogP contribution in [0.25, 0.3) is 0 Å². The van der Waals surface area contributed by atoms with Crippen molar-refractivity contribution in [1.29, 1.82) is 0 Å². The Hall–Kier alpha value is -0.606. The maximum atomic E-state index is 2.66. The van der Waals surface area contributed by atoms with Crippen molar-refractivity contribution in [3.63, 3.8) is 0 Å². The van der Waals surface area contributed by atoms with E-state index in [9.17, 15) is 0 Å². The molecule has 0 N–H and O–H groups in total. The van der Waals surface area contributed by atoms with Crippen LogP contribution in [0.2, 0.25) is 13.1 Å². The normalized spacial score (nSPS) is 25.5. The molecule has 0 aliphatic carbocycles. The van der Waals surface area contributed by atoms with Gasteiger partial charge in [0.15, 0.2) is 0 Å². The zero-order valence-electron chi connectivity index (χ0n) is 15.0. The third-order valence-electron chi connectivity index (χ3n) is 7.38. The van der Waals surface area contributed by atoms with Crippen LogP contribution in [-0.2, 0) is 0 Å². The Labute approximate surface area is 127 Å². The highest BCUT2D eigenvalue weighted by Gasteiger charge is 2.58. The number of allylic oxidation sites excluding steroid dienone is 8. The minimum Gasteiger partial charge on any atom is -0.0777 e. The van der Waals surface area contributed by atoms with Gasteiger partial charge in [0.2, 0.25) is 0 Å². The summed E-state index contributed by atoms with van der Waals surface area (Å²) in [5.74, 6) is 0. The summed E-state index contributed by atoms with van der Waals surface area (Å²) in [6.07, 6.45) is 0. The molecule has 2 rings (SSSR count). The Kier molecular flexibility index (Phi) is 3.50. The molecule has 0 unspecified atom stereocenters. The van der Waals surface area contributed by atoms with Crippen LogP contribution in [0.15, 0.2) is 43.1 Å². The molecule has 0 amide bonds. The summed E-state index contributed by atoms with van der Waals surface area (Å²) in [6, 6.07) is 0. The lowest BCUT2D eigenvalue weighted by Gasteiger charge is -2.44. The first-order chi connectivity index (χ1) is 9.02. The fourth-order valence-corrected chi connectivity index (χ4v) is 23.8. The molecule has 0 bridgehead atoms. The predicted molar refractivity (Wildman–Crippen MR) is 96.7 cm³/mol. The molecular formula is C18H30Si2. The highest BCUT2D eigenvalue weighted by Crippen LogP contribution is 2.52. The summed E-state index contributed by atoms with van der Waals surface area (Å²) in [5, 5.41) is 7.01. The van der Waals surface area contributed by atoms with Crippen molar-refractivity contribution in [2.24, 2.45) is 0 Å². The third-order valence-corrected chi connectivity index (χ3v) is 27.4. The van der Waals surface area contributed by atoms with E-state index >= 15 is 0 Å². The standard InChI is InChI=1S/C18H30Si2/c1-11-12(2)16(6)19(9,15(11)5)20(10)17(7)13(3)14(4)18(20)8/h1-10H3. The lowest BCUT2D eigenvalue weighted by atomic mass is 10.1. The topological polar surface area (TPSA) is 0 Å². The van der Waals surface area contributed by atoms with E-state index in [4.69, 9.17) is 0 Å². The number of hydrogen-bond acceptors (Lipinski definition) is 0. The van der Waals surface area contributed by atoms with Gasteiger partial charge in [-0.1, -0.05) is 56.2 Å². The van der Waals surface area contributed by atoms with Crippen molar-refractivity contribution >= 4 is 15.2 Å². The quantitative estimate of drug-likeness (QED) is 0.541. The Morgan fingerprint density at radius 2 is 0.550 bits per heavy atom. The average Bonchev–Trinajstić information content (AvgIpc) is 2.68. The molecule has 20 heavy (non-hydrogen) atoms. The molecule has 0 aromatic heterocycles. The van der Waals surface area contributed by atoms with Gasteiger partial charge in [-0.15, -0.1) is 0 Å². The van der Waals surface area contributed by atoms with E-state index in [1.165, 1.54) is 0 Å². The first kappa shape index (κ1) is 15.8. The largest absolute Gasteiger partial charge is 0.107 e. The van der Waals surface area contributed by atoms with Gasteiger partial charge in [-0.25, -0.2) is 0 Å². The number of rotatable bonds is 1. The van der Waals surface area contributed by atoms with Crippen LogP contribution in [0.3, 0.4) is 0 Å². The maximum absolute atomic E-state index is 2.66. The summed E-state index contributed by atoms with van der Waals surface area (Å²) >= 11 is 0. The van der Waals surface area contributed by atoms with Gasteiger partial charge in [0.05, 0.1) is 0 Å². The van der Waals surface area contributed by atoms with Crippen molar-refractivity contribution in [2.75, 3.05) is 0 Å². The molecule has 0 saturated carbocycles. The predicted octanol–water partition coefficient (Wildman–Crippen LogP) is 5.75. The highest BCUT2D eigenvalue weighted by atomic mass is 29.3. The second kappa shape index (κ2) is 4.44. The summed E-state index contributed by atoms with van der Waals surface area (Å²) in [7, 11) is -3.08. The fourth-order valence-electron chi connectivity index (χ4n) is 4.69. The smallest absolute Gasteiger partial charge is 0.0777 e. The average molecular weight is 303 g/mol. The van der Waals surface area contributed by atoms with E-state index in [1.54, 1.807) is 43.1 Å². The highest BCUT2D eigenvalue weighted by molar-refractivity contribution is 7.52. The van der Waals surface area contributed by atoms with E-state index in [0.29, 0.717) is 0 Å². The van der Waals surface area contributed by atoms with Gasteiger partial charge in [0, 0.05) is 0 Å². The summed E-state index contributed by atoms with van der Waals surface area (Å²) in [4.78, 5) is 0. The van der Waals surface area contributed by atoms with E-state index in [-0.39, 0.29) is 0 Å². The van der Waals surface area contributed by atoms with Crippen LogP contribution in [0, 0.1) is 0 Å². The molecule has 0 aromatic rings. The number of hydrogen-bond donors (Lipinski definition) is 0. The van der Waals surface area contributed by atoms with Crippen molar-refractivity contribution in [3.05, 3.63) is 43.1 Å². The zero-order valence-corrected chi connectivity index (χ0v) is 17.0. The van der Waals surface area contributed by atoms with Gasteiger partial charge >= 0.3 is 0 Å². The van der Waals surface area contributed by atoms with Gasteiger partial charge in [-0.2, -0.15) is 0 Å². The molecular weight excluding hydrogens is 272 g/mol. The van der Waals surface area contributed by atoms with E-state index in [2.05, 4.69) is 68.5 Å². The van der Waals surface area contributed by atoms with Crippen molar-refractivity contribution < 1.29 is 0 Å². The summed E-state index contributed by atoms with van der Waals surface area (Å²) < 4.78 is 0. The Morgan fingerprint density at radius 1 is 0.400 bits per heavy atom. The van der Waals surface area contributed by atoms with Crippen LogP contribution >= 0.6 is 0 Å². The lowest BCUT2D eigenvalue weighted by Crippen LogP contribution is -2.62. The molecule has 0 nitrogen and oxygen atoms in total. The molecule has 0 fully saturated rings. The van der Waals surface area contributed by atoms with Gasteiger partial charge in [0.1, 0.15) is 15.2 Å². The van der Waals surface area contributed by atoms with Crippen LogP contribution in [0.5, 0.6) is 0 Å². The molecule has 2 aliphatic rings. The van der Waals surface area contributed by atoms with Gasteiger partial charge in [-0.3, -0.25) is 0 Å². The van der Waals surface area contributed by atoms with Crippen molar-refractivity contribution in [1.82, 2.24) is 0 Å². The van der Waals surface area contributed by atoms with Gasteiger partial charge < -0.3 is 0 Å². The molecule has 0 spiro atoms. The van der Waals surface area contributed by atoms with Crippen LogP contribution < -0.4 is 0 Å². The third kappa shape index (κ3) is 1.47. The summed E-state index contributed by atoms with van der Waals surface area (Å²) in [6.45, 7) is 24.4. The lowest BCUT2D eigenvalue weighted by molar-refractivity contribution is 1.31. The molecule has 0 aromatic carbocycles. The second-order valence-electron chi connectivity index (χ2n) is 7.25. The molecule has 0 saturated heterocycles. The second-order valence-corrected chi connectivity index (χ2v) is 20.8. The van der Waals surface area contributed by atoms with Crippen LogP contribution in [0.1, 0.15) is 55.4 Å². The van der Waals surface area contributed by atoms with E-state index in [0.717, 1.165) is 0 Å². The molecule has 0 atom stereocenters. The minimum atomic E-state index is -1.54. The first-order valence-corrected chi connectivity index (χ1v) is 13.8. The maximum Gasteiger partial charge on any atom is 0.107 e. The molecule has 110 valence electrons. The van der Waals surface area contributed by atoms with Crippen molar-refractivity contribution in [2.45, 2.75) is 68.5 Å². The summed E-state index contributed by atoms with van der Waals surface area (Å²) in [5.41, 5.74) is 6.36. The van der Waals surface area contributed by atoms with E-state index < -0.39 is 15.2 Å². The Bertz CT molecular complexity index is 520. The van der Waals surface area contributed by atoms with Gasteiger partial charge in [0.25, 0.3) is 0 Å². The Morgan fingerprint density at radius 3 is 0.700 bits per heavy atom. The SMILES string of the molecule is CC1=C(C)[Si](C)([Si]2(C)C(C)=C(C)C(C)=C2C)C(C)=C1C. The van der Waals surface area contributed by atoms with Crippen molar-refractivity contribution in [3.8, 4) is 0 Å². The van der Waals surface area contributed by atoms with Crippen LogP contribution in [0.4, 0.5) is 0 Å². The molecule has 2 heterocycles. The minimum absolute atomic E-state index is 1.54. The zero-order chi connectivity index (χ0) is 15.6. The first-order valence-electron chi connectivity index (χ1n) is 7.75. The van der Waals surface area contributed by atoms with E-state index in [1.807, 2.05) is 0 Å². The van der Waals surface area contributed by atoms with Gasteiger partial charge in [-0.05, 0) is 55.4 Å². The molecule has 0 radical (unpaired) electrons. The fraction of sp³-hybridized carbons (Fsp3) is 0.556. The molecule has 2 heteroatoms. The Balaban J connectivity index is 2.82. The molecule has 2 aliphatic heterocycles. The van der Waals surface area contributed by atoms with Crippen LogP contribution in [-0.4, -0.2) is 15.2 Å². The monoisotopic (exact) mass is 302 g/mol.